The molecule has 1 heterocycles. The number of pyridine rings is 1. The molecule has 2 aromatic carbocycles. The van der Waals surface area contributed by atoms with Crippen LogP contribution in [0.25, 0.3) is 44.8 Å². The van der Waals surface area contributed by atoms with Gasteiger partial charge in [0.1, 0.15) is 6.54 Å². The van der Waals surface area contributed by atoms with Crippen LogP contribution < -0.4 is 23.2 Å². The molecular formula is C36H38ClNO4. The van der Waals surface area contributed by atoms with E-state index in [1.165, 1.54) is 61.5 Å². The molecule has 0 amide bonds. The molecule has 0 radical (unpaired) electrons. The number of benzene rings is 2. The van der Waals surface area contributed by atoms with E-state index >= 15 is 0 Å². The molecule has 5 nitrogen and oxygen atoms in total. The van der Waals surface area contributed by atoms with Crippen molar-refractivity contribution in [1.82, 2.24) is 0 Å². The largest absolute Gasteiger partial charge is 0.222 e. The fourth-order valence-electron chi connectivity index (χ4n) is 5.46. The summed E-state index contributed by atoms with van der Waals surface area (Å²) in [5.41, 5.74) is 14.5. The third-order valence-electron chi connectivity index (χ3n) is 7.57. The summed E-state index contributed by atoms with van der Waals surface area (Å²) < 4.78 is 36.5. The van der Waals surface area contributed by atoms with Crippen molar-refractivity contribution in [2.24, 2.45) is 0 Å². The number of fused-ring (bicyclic) bond motifs is 1. The van der Waals surface area contributed by atoms with E-state index in [9.17, 15) is 0 Å². The van der Waals surface area contributed by atoms with Crippen LogP contribution in [-0.2, 0) is 6.54 Å². The number of hydrogen-bond acceptors (Lipinski definition) is 4. The van der Waals surface area contributed by atoms with Gasteiger partial charge in [0.05, 0.1) is 0 Å². The van der Waals surface area contributed by atoms with Crippen molar-refractivity contribution in [1.29, 1.82) is 0 Å². The van der Waals surface area contributed by atoms with Crippen LogP contribution in [0.3, 0.4) is 0 Å². The van der Waals surface area contributed by atoms with Crippen LogP contribution in [0.5, 0.6) is 0 Å². The molecule has 218 valence electrons. The molecule has 0 spiro atoms. The van der Waals surface area contributed by atoms with Gasteiger partial charge < -0.3 is 0 Å². The summed E-state index contributed by atoms with van der Waals surface area (Å²) in [6.45, 7) is 12.3. The first-order chi connectivity index (χ1) is 20.0. The highest BCUT2D eigenvalue weighted by Gasteiger charge is 2.25. The Morgan fingerprint density at radius 2 is 1.17 bits per heavy atom. The fraction of sp³-hybridized carbons (Fsp3) is 0.250. The number of hydrogen-bond donors (Lipinski definition) is 0. The van der Waals surface area contributed by atoms with Gasteiger partial charge in [-0.3, -0.25) is 0 Å². The zero-order valence-corrected chi connectivity index (χ0v) is 25.7. The Bertz CT molecular complexity index is 1530. The second-order valence-corrected chi connectivity index (χ2v) is 11.7. The van der Waals surface area contributed by atoms with Crippen LogP contribution in [0.1, 0.15) is 56.2 Å². The Morgan fingerprint density at radius 3 is 1.64 bits per heavy atom. The molecule has 0 saturated heterocycles. The Kier molecular flexibility index (Phi) is 10.2. The lowest BCUT2D eigenvalue weighted by atomic mass is 9.95. The van der Waals surface area contributed by atoms with Crippen LogP contribution >= 0.6 is 0 Å². The van der Waals surface area contributed by atoms with Crippen LogP contribution in [-0.4, -0.2) is 0 Å². The number of aromatic nitrogens is 1. The molecule has 3 aromatic rings. The van der Waals surface area contributed by atoms with Crippen molar-refractivity contribution in [3.8, 4) is 44.8 Å². The van der Waals surface area contributed by atoms with E-state index in [2.05, 4.69) is 136 Å². The lowest BCUT2D eigenvalue weighted by molar-refractivity contribution is -2.00. The van der Waals surface area contributed by atoms with Gasteiger partial charge >= 0.3 is 0 Å². The summed E-state index contributed by atoms with van der Waals surface area (Å²) >= 11 is 0. The van der Waals surface area contributed by atoms with Gasteiger partial charge in [0, 0.05) is 29.7 Å². The van der Waals surface area contributed by atoms with E-state index in [-0.39, 0.29) is 0 Å². The first-order valence-electron chi connectivity index (χ1n) is 14.3. The average molecular weight is 584 g/mol. The number of rotatable bonds is 7. The maximum atomic E-state index is 8.49. The molecule has 5 rings (SSSR count). The van der Waals surface area contributed by atoms with Gasteiger partial charge in [-0.2, -0.15) is 4.57 Å². The van der Waals surface area contributed by atoms with Crippen LogP contribution in [0.15, 0.2) is 97.1 Å². The van der Waals surface area contributed by atoms with Gasteiger partial charge in [-0.25, -0.2) is 18.6 Å². The van der Waals surface area contributed by atoms with Crippen molar-refractivity contribution >= 4 is 0 Å². The van der Waals surface area contributed by atoms with E-state index in [1.807, 2.05) is 0 Å². The summed E-state index contributed by atoms with van der Waals surface area (Å²) in [5, 5.41) is 0. The van der Waals surface area contributed by atoms with E-state index < -0.39 is 10.2 Å². The van der Waals surface area contributed by atoms with Crippen molar-refractivity contribution in [2.75, 3.05) is 0 Å². The topological polar surface area (TPSA) is 96.1 Å². The van der Waals surface area contributed by atoms with E-state index in [1.54, 1.807) is 0 Å². The summed E-state index contributed by atoms with van der Waals surface area (Å²) in [5.74, 6) is 0.497. The molecule has 0 atom stereocenters. The quantitative estimate of drug-likeness (QED) is 0.256. The third-order valence-corrected chi connectivity index (χ3v) is 7.57. The monoisotopic (exact) mass is 583 g/mol. The Balaban J connectivity index is 0.000000748. The summed E-state index contributed by atoms with van der Waals surface area (Å²) in [4.78, 5) is 0. The molecule has 1 aromatic heterocycles. The minimum Gasteiger partial charge on any atom is -0.222 e. The lowest BCUT2D eigenvalue weighted by Gasteiger charge is -2.17. The normalized spacial score (nSPS) is 11.5. The molecule has 0 fully saturated rings. The Labute approximate surface area is 251 Å². The molecule has 0 aliphatic heterocycles. The molecular weight excluding hydrogens is 546 g/mol. The molecule has 0 bridgehead atoms. The highest BCUT2D eigenvalue weighted by molar-refractivity contribution is 5.92. The van der Waals surface area contributed by atoms with E-state index in [0.29, 0.717) is 5.92 Å². The first-order valence-corrected chi connectivity index (χ1v) is 15.6. The van der Waals surface area contributed by atoms with Gasteiger partial charge in [-0.05, 0) is 83.0 Å². The Morgan fingerprint density at radius 1 is 0.643 bits per heavy atom. The number of nitrogens with zero attached hydrogens (tertiary/aromatic N) is 1. The van der Waals surface area contributed by atoms with Gasteiger partial charge in [0.2, 0.25) is 11.4 Å². The average Bonchev–Trinajstić information content (AvgIpc) is 3.17. The van der Waals surface area contributed by atoms with Crippen molar-refractivity contribution in [3.63, 3.8) is 0 Å². The van der Waals surface area contributed by atoms with Gasteiger partial charge in [-0.1, -0.05) is 87.9 Å². The van der Waals surface area contributed by atoms with Gasteiger partial charge in [0.15, 0.2) is 0 Å². The van der Waals surface area contributed by atoms with Gasteiger partial charge in [0.25, 0.3) is 0 Å². The maximum absolute atomic E-state index is 8.49. The highest BCUT2D eigenvalue weighted by atomic mass is 35.7. The van der Waals surface area contributed by atoms with E-state index in [0.717, 1.165) is 19.4 Å². The van der Waals surface area contributed by atoms with Crippen molar-refractivity contribution in [3.05, 3.63) is 114 Å². The second kappa shape index (κ2) is 13.6. The van der Waals surface area contributed by atoms with Crippen molar-refractivity contribution in [2.45, 2.75) is 59.9 Å². The number of unbranched alkanes of at least 4 members (excludes halogenated alkanes) is 1. The van der Waals surface area contributed by atoms with Crippen molar-refractivity contribution < 1.29 is 33.4 Å². The minimum absolute atomic E-state index is 0.497. The first kappa shape index (κ1) is 31.4. The smallest absolute Gasteiger partial charge is 0.213 e. The Hall–Kier alpha value is -3.58. The number of halogens is 1. The molecule has 0 N–H and O–H groups in total. The minimum atomic E-state index is -4.94. The van der Waals surface area contributed by atoms with Crippen LogP contribution in [0, 0.1) is 24.1 Å². The second-order valence-electron chi connectivity index (χ2n) is 11.0. The summed E-state index contributed by atoms with van der Waals surface area (Å²) in [6.07, 6.45) is 2.31. The zero-order chi connectivity index (χ0) is 30.4. The van der Waals surface area contributed by atoms with E-state index in [4.69, 9.17) is 18.6 Å². The summed E-state index contributed by atoms with van der Waals surface area (Å²) in [7, 11) is -4.94. The molecule has 6 heteroatoms. The molecule has 42 heavy (non-hydrogen) atoms. The SMILES string of the molecule is CCCC[n+]1c(-c2ccccc2)cc(-c2cc(C)c3cc(C(C)C)ccc(C)c2-3)cc1-c1ccccc1.[O-][Cl+3]([O-])([O-])[O-]. The molecule has 2 aliphatic rings. The highest BCUT2D eigenvalue weighted by Crippen LogP contribution is 2.42. The standard InChI is InChI=1S/C36H38N.ClHO4/c1-6-7-20-37-34(28-14-10-8-11-15-28)23-31(24-35(37)29-16-12-9-13-17-29)33-21-27(5)32-22-30(25(2)3)19-18-26(4)36(32)33;2-1(3,4)5/h8-19,21-25H,6-7,20H2,1-5H3;(H,2,3,4,5)/q+1;/p-1. The predicted octanol–water partition coefficient (Wildman–Crippen LogP) is 4.86. The maximum Gasteiger partial charge on any atom is 0.213 e. The zero-order valence-electron chi connectivity index (χ0n) is 24.9. The lowest BCUT2D eigenvalue weighted by Crippen LogP contribution is -2.68. The van der Waals surface area contributed by atoms with Gasteiger partial charge in [-0.15, -0.1) is 10.2 Å². The molecule has 0 unspecified atom stereocenters. The molecule has 2 aliphatic carbocycles. The fourth-order valence-corrected chi connectivity index (χ4v) is 5.46. The summed E-state index contributed by atoms with van der Waals surface area (Å²) in [6, 6.07) is 36.0. The predicted molar refractivity (Wildman–Crippen MR) is 158 cm³/mol. The number of aryl methyl sites for hydroxylation is 2. The van der Waals surface area contributed by atoms with Crippen LogP contribution in [0.2, 0.25) is 0 Å². The van der Waals surface area contributed by atoms with Crippen LogP contribution in [0.4, 0.5) is 0 Å². The molecule has 0 saturated carbocycles. The third kappa shape index (κ3) is 7.62.